The highest BCUT2D eigenvalue weighted by Gasteiger charge is 2.08. The van der Waals surface area contributed by atoms with Crippen molar-refractivity contribution in [1.82, 2.24) is 5.32 Å². The minimum absolute atomic E-state index is 0. The van der Waals surface area contributed by atoms with Gasteiger partial charge in [0.15, 0.2) is 0 Å². The van der Waals surface area contributed by atoms with Crippen LogP contribution in [0.25, 0.3) is 0 Å². The molecule has 0 aromatic heterocycles. The van der Waals surface area contributed by atoms with Crippen LogP contribution in [0.2, 0.25) is 0 Å². The summed E-state index contributed by atoms with van der Waals surface area (Å²) >= 11 is 0. The molecule has 0 saturated carbocycles. The Kier molecular flexibility index (Phi) is 6.51. The normalized spacial score (nSPS) is 8.69. The molecule has 0 unspecified atom stereocenters. The summed E-state index contributed by atoms with van der Waals surface area (Å²) in [5.74, 6) is -1.10. The number of nitrogens with two attached hydrogens (primary N) is 1. The molecule has 1 rings (SSSR count). The summed E-state index contributed by atoms with van der Waals surface area (Å²) in [5.41, 5.74) is 4.95. The second-order valence-electron chi connectivity index (χ2n) is 2.68. The first kappa shape index (κ1) is 14.1. The van der Waals surface area contributed by atoms with Crippen molar-refractivity contribution in [2.45, 2.75) is 20.3 Å². The second kappa shape index (κ2) is 7.39. The number of nitrogens with one attached hydrogen (secondary N) is 1. The van der Waals surface area contributed by atoms with Crippen molar-refractivity contribution >= 4 is 11.9 Å². The Labute approximate surface area is 96.6 Å². The molecule has 1 aromatic carbocycles. The van der Waals surface area contributed by atoms with Gasteiger partial charge in [-0.05, 0) is 11.6 Å². The average molecular weight is 230 g/mol. The third-order valence-electron chi connectivity index (χ3n) is 1.57. The van der Waals surface area contributed by atoms with Gasteiger partial charge in [0.1, 0.15) is 5.82 Å². The van der Waals surface area contributed by atoms with Crippen LogP contribution in [0.3, 0.4) is 0 Å². The minimum atomic E-state index is -0.939. The first-order valence-electron chi connectivity index (χ1n) is 4.92. The molecule has 3 N–H and O–H groups in total. The van der Waals surface area contributed by atoms with E-state index in [2.05, 4.69) is 0 Å². The Morgan fingerprint density at radius 3 is 2.44 bits per heavy atom. The van der Waals surface area contributed by atoms with Gasteiger partial charge in [-0.2, -0.15) is 0 Å². The number of urea groups is 1. The number of rotatable bonds is 2. The van der Waals surface area contributed by atoms with Gasteiger partial charge in [-0.3, -0.25) is 10.1 Å². The van der Waals surface area contributed by atoms with Gasteiger partial charge in [0.05, 0.1) is 6.42 Å². The minimum Gasteiger partial charge on any atom is -0.351 e. The maximum atomic E-state index is 13.0. The zero-order valence-corrected chi connectivity index (χ0v) is 9.29. The second-order valence-corrected chi connectivity index (χ2v) is 2.68. The monoisotopic (exact) mass is 230 g/mol. The highest BCUT2D eigenvalue weighted by Crippen LogP contribution is 2.06. The van der Waals surface area contributed by atoms with Crippen molar-refractivity contribution in [2.24, 2.45) is 5.73 Å². The lowest BCUT2D eigenvalue weighted by molar-refractivity contribution is -0.119. The molecule has 0 atom stereocenters. The summed E-state index contributed by atoms with van der Waals surface area (Å²) in [6.07, 6.45) is -0.199. The van der Waals surface area contributed by atoms with E-state index in [1.165, 1.54) is 18.2 Å². The highest BCUT2D eigenvalue weighted by atomic mass is 19.1. The molecule has 5 heteroatoms. The first-order chi connectivity index (χ1) is 7.59. The van der Waals surface area contributed by atoms with Gasteiger partial charge in [0.2, 0.25) is 5.91 Å². The van der Waals surface area contributed by atoms with Crippen LogP contribution in [0.15, 0.2) is 24.3 Å². The van der Waals surface area contributed by atoms with Gasteiger partial charge < -0.3 is 5.73 Å². The molecule has 4 nitrogen and oxygen atoms in total. The number of carbonyl (C=O) groups is 2. The topological polar surface area (TPSA) is 72.2 Å². The Bertz CT molecular complexity index is 376. The van der Waals surface area contributed by atoms with Crippen molar-refractivity contribution in [3.63, 3.8) is 0 Å². The van der Waals surface area contributed by atoms with E-state index in [4.69, 9.17) is 5.73 Å². The Morgan fingerprint density at radius 2 is 1.94 bits per heavy atom. The molecule has 0 aliphatic carbocycles. The molecule has 0 aliphatic rings. The lowest BCUT2D eigenvalue weighted by Crippen LogP contribution is -2.36. The molecule has 1 aromatic rings. The summed E-state index contributed by atoms with van der Waals surface area (Å²) in [6.45, 7) is 4.00. The molecule has 0 fully saturated rings. The number of halogens is 1. The third kappa shape index (κ3) is 5.09. The molecule has 0 saturated heterocycles. The van der Waals surface area contributed by atoms with Crippen LogP contribution in [0.4, 0.5) is 9.18 Å². The van der Waals surface area contributed by atoms with E-state index in [0.717, 1.165) is 0 Å². The SMILES string of the molecule is CC.NC(=O)NC(=O)Cc1ccccc1F.[HH].[HH]. The molecule has 0 radical (unpaired) electrons. The molecule has 0 spiro atoms. The van der Waals surface area contributed by atoms with E-state index in [-0.39, 0.29) is 14.8 Å². The fourth-order valence-corrected chi connectivity index (χ4v) is 0.996. The number of imide groups is 1. The largest absolute Gasteiger partial charge is 0.351 e. The lowest BCUT2D eigenvalue weighted by Gasteiger charge is -2.01. The highest BCUT2D eigenvalue weighted by molar-refractivity contribution is 5.94. The van der Waals surface area contributed by atoms with E-state index in [1.807, 2.05) is 19.2 Å². The van der Waals surface area contributed by atoms with E-state index in [1.54, 1.807) is 6.07 Å². The zero-order valence-electron chi connectivity index (χ0n) is 9.29. The molecule has 0 bridgehead atoms. The van der Waals surface area contributed by atoms with Gasteiger partial charge >= 0.3 is 6.03 Å². The van der Waals surface area contributed by atoms with Crippen LogP contribution in [-0.4, -0.2) is 11.9 Å². The first-order valence-corrected chi connectivity index (χ1v) is 4.92. The van der Waals surface area contributed by atoms with Crippen LogP contribution in [0.5, 0.6) is 0 Å². The van der Waals surface area contributed by atoms with Crippen LogP contribution in [0.1, 0.15) is 22.3 Å². The predicted octanol–water partition coefficient (Wildman–Crippen LogP) is 2.08. The number of primary amides is 1. The van der Waals surface area contributed by atoms with E-state index in [0.29, 0.717) is 0 Å². The molecule has 92 valence electrons. The van der Waals surface area contributed by atoms with Crippen LogP contribution in [0, 0.1) is 5.82 Å². The average Bonchev–Trinajstić information content (AvgIpc) is 2.23. The summed E-state index contributed by atoms with van der Waals surface area (Å²) in [5, 5.41) is 1.85. The van der Waals surface area contributed by atoms with Crippen LogP contribution in [-0.2, 0) is 11.2 Å². The van der Waals surface area contributed by atoms with Crippen LogP contribution < -0.4 is 11.1 Å². The van der Waals surface area contributed by atoms with Crippen molar-refractivity contribution in [3.05, 3.63) is 35.6 Å². The summed E-state index contributed by atoms with van der Waals surface area (Å²) in [7, 11) is 0. The lowest BCUT2D eigenvalue weighted by atomic mass is 10.1. The maximum absolute atomic E-state index is 13.0. The van der Waals surface area contributed by atoms with Crippen LogP contribution >= 0.6 is 0 Å². The van der Waals surface area contributed by atoms with Gasteiger partial charge in [0.25, 0.3) is 0 Å². The van der Waals surface area contributed by atoms with Crippen molar-refractivity contribution in [2.75, 3.05) is 0 Å². The fraction of sp³-hybridized carbons (Fsp3) is 0.273. The Hall–Kier alpha value is -1.91. The van der Waals surface area contributed by atoms with Gasteiger partial charge in [-0.25, -0.2) is 9.18 Å². The van der Waals surface area contributed by atoms with Crippen molar-refractivity contribution < 1.29 is 16.8 Å². The maximum Gasteiger partial charge on any atom is 0.318 e. The summed E-state index contributed by atoms with van der Waals surface area (Å²) in [6, 6.07) is 4.90. The molecular formula is C11H19FN2O2. The molecule has 3 amide bonds. The Balaban J connectivity index is -0.000000534. The van der Waals surface area contributed by atoms with E-state index in [9.17, 15) is 14.0 Å². The van der Waals surface area contributed by atoms with Crippen molar-refractivity contribution in [3.8, 4) is 0 Å². The number of amides is 3. The zero-order chi connectivity index (χ0) is 12.6. The molecule has 0 aliphatic heterocycles. The number of hydrogen-bond acceptors (Lipinski definition) is 2. The third-order valence-corrected chi connectivity index (χ3v) is 1.57. The Morgan fingerprint density at radius 1 is 1.38 bits per heavy atom. The quantitative estimate of drug-likeness (QED) is 0.816. The van der Waals surface area contributed by atoms with Crippen molar-refractivity contribution in [1.29, 1.82) is 0 Å². The predicted molar refractivity (Wildman–Crippen MR) is 63.4 cm³/mol. The fourth-order valence-electron chi connectivity index (χ4n) is 0.996. The van der Waals surface area contributed by atoms with E-state index < -0.39 is 17.8 Å². The smallest absolute Gasteiger partial charge is 0.318 e. The number of benzene rings is 1. The van der Waals surface area contributed by atoms with Gasteiger partial charge in [-0.1, -0.05) is 32.0 Å². The number of carbonyl (C=O) groups excluding carboxylic acids is 2. The molecular weight excluding hydrogens is 211 g/mol. The molecule has 16 heavy (non-hydrogen) atoms. The number of hydrogen-bond donors (Lipinski definition) is 2. The summed E-state index contributed by atoms with van der Waals surface area (Å²) < 4.78 is 13.0. The van der Waals surface area contributed by atoms with E-state index >= 15 is 0 Å². The standard InChI is InChI=1S/C9H9FN2O2.C2H6.2H2/c10-7-4-2-1-3-6(7)5-8(13)12-9(11)14;1-2;;/h1-4H,5H2,(H3,11,12,13,14);1-2H3;2*1H. The molecule has 0 heterocycles. The van der Waals surface area contributed by atoms with Gasteiger partial charge in [-0.15, -0.1) is 0 Å². The summed E-state index contributed by atoms with van der Waals surface area (Å²) in [4.78, 5) is 21.3. The van der Waals surface area contributed by atoms with Gasteiger partial charge in [0, 0.05) is 2.85 Å².